The van der Waals surface area contributed by atoms with Crippen molar-refractivity contribution in [3.8, 4) is 0 Å². The smallest absolute Gasteiger partial charge is 0.224 e. The second-order valence-corrected chi connectivity index (χ2v) is 4.10. The first-order chi connectivity index (χ1) is 8.54. The van der Waals surface area contributed by atoms with Crippen LogP contribution in [0.4, 0.5) is 14.6 Å². The van der Waals surface area contributed by atoms with Gasteiger partial charge in [-0.2, -0.15) is 0 Å². The van der Waals surface area contributed by atoms with Crippen LogP contribution in [0, 0.1) is 18.6 Å². The first kappa shape index (κ1) is 12.7. The van der Waals surface area contributed by atoms with Crippen LogP contribution in [0.3, 0.4) is 0 Å². The molecule has 1 heterocycles. The lowest BCUT2D eigenvalue weighted by molar-refractivity contribution is 0.507. The molecule has 1 aromatic carbocycles. The van der Waals surface area contributed by atoms with Gasteiger partial charge in [-0.1, -0.05) is 6.07 Å². The number of benzene rings is 1. The van der Waals surface area contributed by atoms with Gasteiger partial charge < -0.3 is 5.32 Å². The lowest BCUT2D eigenvalue weighted by Crippen LogP contribution is -2.03. The topological polar surface area (TPSA) is 37.8 Å². The van der Waals surface area contributed by atoms with Gasteiger partial charge >= 0.3 is 0 Å². The van der Waals surface area contributed by atoms with Crippen molar-refractivity contribution in [3.63, 3.8) is 0 Å². The van der Waals surface area contributed by atoms with Crippen molar-refractivity contribution in [1.29, 1.82) is 0 Å². The van der Waals surface area contributed by atoms with Crippen molar-refractivity contribution in [1.82, 2.24) is 9.97 Å². The predicted molar refractivity (Wildman–Crippen MR) is 65.5 cm³/mol. The van der Waals surface area contributed by atoms with Crippen LogP contribution in [0.2, 0.25) is 5.28 Å². The second-order valence-electron chi connectivity index (χ2n) is 3.77. The molecule has 94 valence electrons. The number of halogens is 3. The van der Waals surface area contributed by atoms with Crippen LogP contribution in [-0.4, -0.2) is 9.97 Å². The quantitative estimate of drug-likeness (QED) is 0.869. The number of hydrogen-bond donors (Lipinski definition) is 1. The molecule has 2 aromatic rings. The molecule has 0 unspecified atom stereocenters. The summed E-state index contributed by atoms with van der Waals surface area (Å²) in [5.41, 5.74) is 1.34. The van der Waals surface area contributed by atoms with Crippen LogP contribution in [0.5, 0.6) is 0 Å². The highest BCUT2D eigenvalue weighted by Crippen LogP contribution is 2.13. The first-order valence-corrected chi connectivity index (χ1v) is 5.61. The Labute approximate surface area is 108 Å². The highest BCUT2D eigenvalue weighted by Gasteiger charge is 2.03. The summed E-state index contributed by atoms with van der Waals surface area (Å²) >= 11 is 5.71. The maximum atomic E-state index is 13.0. The van der Waals surface area contributed by atoms with Crippen LogP contribution in [0.25, 0.3) is 0 Å². The van der Waals surface area contributed by atoms with Gasteiger partial charge in [0.1, 0.15) is 5.82 Å². The van der Waals surface area contributed by atoms with E-state index in [2.05, 4.69) is 15.3 Å². The third-order valence-corrected chi connectivity index (χ3v) is 2.45. The van der Waals surface area contributed by atoms with Crippen molar-refractivity contribution in [2.75, 3.05) is 5.32 Å². The van der Waals surface area contributed by atoms with Crippen molar-refractivity contribution in [2.45, 2.75) is 13.5 Å². The van der Waals surface area contributed by atoms with Crippen LogP contribution in [0.1, 0.15) is 11.3 Å². The average molecular weight is 270 g/mol. The summed E-state index contributed by atoms with van der Waals surface area (Å²) in [6.07, 6.45) is 0. The maximum Gasteiger partial charge on any atom is 0.224 e. The van der Waals surface area contributed by atoms with E-state index < -0.39 is 11.6 Å². The van der Waals surface area contributed by atoms with Crippen LogP contribution in [0.15, 0.2) is 24.3 Å². The summed E-state index contributed by atoms with van der Waals surface area (Å²) in [5, 5.41) is 3.11. The number of rotatable bonds is 3. The molecule has 0 aliphatic carbocycles. The fourth-order valence-corrected chi connectivity index (χ4v) is 1.69. The molecule has 1 N–H and O–H groups in total. The molecule has 0 saturated heterocycles. The summed E-state index contributed by atoms with van der Waals surface area (Å²) in [7, 11) is 0. The standard InChI is InChI=1S/C12H10ClF2N3/c1-7-4-11(18-12(13)17-7)16-6-8-2-3-9(14)10(15)5-8/h2-5H,6H2,1H3,(H,16,17,18). The van der Waals surface area contributed by atoms with E-state index in [0.29, 0.717) is 17.9 Å². The molecule has 1 aromatic heterocycles. The Bertz CT molecular complexity index is 555. The van der Waals surface area contributed by atoms with E-state index >= 15 is 0 Å². The van der Waals surface area contributed by atoms with E-state index in [1.807, 2.05) is 0 Å². The maximum absolute atomic E-state index is 13.0. The van der Waals surface area contributed by atoms with Gasteiger partial charge in [-0.15, -0.1) is 0 Å². The minimum Gasteiger partial charge on any atom is -0.366 e. The molecule has 0 saturated carbocycles. The lowest BCUT2D eigenvalue weighted by atomic mass is 10.2. The summed E-state index contributed by atoms with van der Waals surface area (Å²) < 4.78 is 25.7. The second kappa shape index (κ2) is 5.27. The van der Waals surface area contributed by atoms with Gasteiger partial charge in [-0.25, -0.2) is 18.7 Å². The third-order valence-electron chi connectivity index (χ3n) is 2.28. The number of aromatic nitrogens is 2. The van der Waals surface area contributed by atoms with Gasteiger partial charge in [0.2, 0.25) is 5.28 Å². The zero-order valence-electron chi connectivity index (χ0n) is 9.54. The SMILES string of the molecule is Cc1cc(NCc2ccc(F)c(F)c2)nc(Cl)n1. The molecular formula is C12H10ClF2N3. The van der Waals surface area contributed by atoms with E-state index in [1.165, 1.54) is 6.07 Å². The van der Waals surface area contributed by atoms with Gasteiger partial charge in [0.25, 0.3) is 0 Å². The minimum atomic E-state index is -0.869. The van der Waals surface area contributed by atoms with Crippen molar-refractivity contribution in [2.24, 2.45) is 0 Å². The average Bonchev–Trinajstić information content (AvgIpc) is 2.29. The molecule has 0 bridgehead atoms. The molecule has 3 nitrogen and oxygen atoms in total. The van der Waals surface area contributed by atoms with Gasteiger partial charge in [-0.05, 0) is 36.2 Å². The number of hydrogen-bond acceptors (Lipinski definition) is 3. The number of nitrogens with zero attached hydrogens (tertiary/aromatic N) is 2. The zero-order chi connectivity index (χ0) is 13.1. The molecule has 0 radical (unpaired) electrons. The fraction of sp³-hybridized carbons (Fsp3) is 0.167. The van der Waals surface area contributed by atoms with E-state index in [9.17, 15) is 8.78 Å². The number of anilines is 1. The Morgan fingerprint density at radius 3 is 2.61 bits per heavy atom. The van der Waals surface area contributed by atoms with E-state index in [0.717, 1.165) is 17.8 Å². The van der Waals surface area contributed by atoms with Crippen molar-refractivity contribution in [3.05, 3.63) is 52.4 Å². The summed E-state index contributed by atoms with van der Waals surface area (Å²) in [6.45, 7) is 2.11. The normalized spacial score (nSPS) is 10.4. The van der Waals surface area contributed by atoms with Crippen LogP contribution < -0.4 is 5.32 Å². The molecule has 0 amide bonds. The first-order valence-electron chi connectivity index (χ1n) is 5.23. The largest absolute Gasteiger partial charge is 0.366 e. The zero-order valence-corrected chi connectivity index (χ0v) is 10.3. The monoisotopic (exact) mass is 269 g/mol. The molecule has 0 atom stereocenters. The van der Waals surface area contributed by atoms with Gasteiger partial charge in [0.05, 0.1) is 0 Å². The van der Waals surface area contributed by atoms with E-state index in [4.69, 9.17) is 11.6 Å². The Balaban J connectivity index is 2.08. The van der Waals surface area contributed by atoms with E-state index in [-0.39, 0.29) is 5.28 Å². The Morgan fingerprint density at radius 1 is 1.17 bits per heavy atom. The molecule has 0 aliphatic rings. The predicted octanol–water partition coefficient (Wildman–Crippen LogP) is 3.33. The minimum absolute atomic E-state index is 0.141. The van der Waals surface area contributed by atoms with Crippen LogP contribution in [-0.2, 0) is 6.54 Å². The summed E-state index contributed by atoms with van der Waals surface area (Å²) in [6, 6.07) is 5.44. The summed E-state index contributed by atoms with van der Waals surface area (Å²) in [4.78, 5) is 7.88. The Hall–Kier alpha value is -1.75. The Kier molecular flexibility index (Phi) is 3.72. The van der Waals surface area contributed by atoms with Gasteiger partial charge in [0.15, 0.2) is 11.6 Å². The van der Waals surface area contributed by atoms with Crippen molar-refractivity contribution >= 4 is 17.4 Å². The molecule has 0 fully saturated rings. The highest BCUT2D eigenvalue weighted by atomic mass is 35.5. The molecule has 18 heavy (non-hydrogen) atoms. The van der Waals surface area contributed by atoms with E-state index in [1.54, 1.807) is 13.0 Å². The molecular weight excluding hydrogens is 260 g/mol. The number of aryl methyl sites for hydroxylation is 1. The summed E-state index contributed by atoms with van der Waals surface area (Å²) in [5.74, 6) is -1.19. The molecule has 2 rings (SSSR count). The number of nitrogens with one attached hydrogen (secondary N) is 1. The van der Waals surface area contributed by atoms with Crippen LogP contribution >= 0.6 is 11.6 Å². The third kappa shape index (κ3) is 3.13. The van der Waals surface area contributed by atoms with Crippen molar-refractivity contribution < 1.29 is 8.78 Å². The molecule has 6 heteroatoms. The van der Waals surface area contributed by atoms with Gasteiger partial charge in [-0.3, -0.25) is 0 Å². The lowest BCUT2D eigenvalue weighted by Gasteiger charge is -2.07. The van der Waals surface area contributed by atoms with Gasteiger partial charge in [0, 0.05) is 18.3 Å². The highest BCUT2D eigenvalue weighted by molar-refractivity contribution is 6.28. The Morgan fingerprint density at radius 2 is 1.94 bits per heavy atom. The molecule has 0 aliphatic heterocycles. The molecule has 0 spiro atoms. The fourth-order valence-electron chi connectivity index (χ4n) is 1.47.